The first-order chi connectivity index (χ1) is 13.5. The average Bonchev–Trinajstić information content (AvgIpc) is 2.70. The van der Waals surface area contributed by atoms with E-state index in [1.807, 2.05) is 24.3 Å². The number of benzene rings is 2. The van der Waals surface area contributed by atoms with Gasteiger partial charge in [-0.3, -0.25) is 9.59 Å². The molecule has 0 spiro atoms. The zero-order valence-electron chi connectivity index (χ0n) is 15.7. The molecule has 0 saturated heterocycles. The number of methoxy groups -OCH3 is 1. The number of para-hydroxylation sites is 1. The highest BCUT2D eigenvalue weighted by Gasteiger charge is 2.15. The molecular weight excluding hydrogens is 360 g/mol. The fraction of sp³-hybridized carbons (Fsp3) is 0.190. The Labute approximate surface area is 163 Å². The fourth-order valence-corrected chi connectivity index (χ4v) is 2.35. The van der Waals surface area contributed by atoms with E-state index in [2.05, 4.69) is 10.6 Å². The molecule has 0 unspecified atom stereocenters. The quantitative estimate of drug-likeness (QED) is 0.538. The molecule has 2 N–H and O–H groups in total. The molecule has 0 fully saturated rings. The average molecular weight is 382 g/mol. The van der Waals surface area contributed by atoms with Crippen molar-refractivity contribution in [1.82, 2.24) is 10.6 Å². The SMILES string of the molecule is COc1ccccc1CNC(=O)COC(=O)/C(=C\c1ccccc1)NC(C)=O. The largest absolute Gasteiger partial charge is 0.496 e. The molecule has 0 radical (unpaired) electrons. The minimum atomic E-state index is -0.800. The Morgan fingerprint density at radius 2 is 1.68 bits per heavy atom. The number of amides is 2. The normalized spacial score (nSPS) is 10.7. The van der Waals surface area contributed by atoms with Gasteiger partial charge in [0.2, 0.25) is 5.91 Å². The topological polar surface area (TPSA) is 93.7 Å². The molecule has 0 heterocycles. The predicted octanol–water partition coefficient (Wildman–Crippen LogP) is 2.03. The lowest BCUT2D eigenvalue weighted by Gasteiger charge is -2.11. The Morgan fingerprint density at radius 1 is 1.00 bits per heavy atom. The number of esters is 1. The van der Waals surface area contributed by atoms with Crippen molar-refractivity contribution in [3.8, 4) is 5.75 Å². The van der Waals surface area contributed by atoms with Gasteiger partial charge in [-0.15, -0.1) is 0 Å². The smallest absolute Gasteiger partial charge is 0.355 e. The molecule has 0 saturated carbocycles. The molecule has 7 nitrogen and oxygen atoms in total. The van der Waals surface area contributed by atoms with Crippen LogP contribution in [-0.2, 0) is 25.7 Å². The highest BCUT2D eigenvalue weighted by molar-refractivity contribution is 5.98. The van der Waals surface area contributed by atoms with Crippen LogP contribution in [0.25, 0.3) is 6.08 Å². The van der Waals surface area contributed by atoms with Gasteiger partial charge in [-0.05, 0) is 17.7 Å². The second-order valence-electron chi connectivity index (χ2n) is 5.81. The van der Waals surface area contributed by atoms with Gasteiger partial charge in [0.05, 0.1) is 7.11 Å². The van der Waals surface area contributed by atoms with Crippen molar-refractivity contribution in [2.75, 3.05) is 13.7 Å². The molecule has 0 aliphatic heterocycles. The number of carbonyl (C=O) groups excluding carboxylic acids is 3. The number of nitrogens with one attached hydrogen (secondary N) is 2. The van der Waals surface area contributed by atoms with E-state index in [0.29, 0.717) is 11.3 Å². The molecule has 2 amide bonds. The van der Waals surface area contributed by atoms with Crippen molar-refractivity contribution in [2.24, 2.45) is 0 Å². The van der Waals surface area contributed by atoms with Gasteiger partial charge in [0.25, 0.3) is 5.91 Å². The fourth-order valence-electron chi connectivity index (χ4n) is 2.35. The van der Waals surface area contributed by atoms with E-state index in [-0.39, 0.29) is 12.2 Å². The van der Waals surface area contributed by atoms with Crippen LogP contribution in [0.3, 0.4) is 0 Å². The first kappa shape index (κ1) is 20.7. The maximum absolute atomic E-state index is 12.3. The van der Waals surface area contributed by atoms with Gasteiger partial charge in [-0.2, -0.15) is 0 Å². The number of carbonyl (C=O) groups is 3. The van der Waals surface area contributed by atoms with Crippen molar-refractivity contribution in [2.45, 2.75) is 13.5 Å². The number of hydrogen-bond donors (Lipinski definition) is 2. The summed E-state index contributed by atoms with van der Waals surface area (Å²) in [7, 11) is 1.55. The zero-order valence-corrected chi connectivity index (χ0v) is 15.7. The summed E-state index contributed by atoms with van der Waals surface area (Å²) in [5.74, 6) is -1.04. The summed E-state index contributed by atoms with van der Waals surface area (Å²) in [6, 6.07) is 16.2. The number of hydrogen-bond acceptors (Lipinski definition) is 5. The number of ether oxygens (including phenoxy) is 2. The van der Waals surface area contributed by atoms with Crippen LogP contribution >= 0.6 is 0 Å². The number of rotatable bonds is 8. The third-order valence-electron chi connectivity index (χ3n) is 3.64. The summed E-state index contributed by atoms with van der Waals surface area (Å²) >= 11 is 0. The maximum atomic E-state index is 12.3. The molecule has 2 aromatic rings. The Morgan fingerprint density at radius 3 is 2.36 bits per heavy atom. The standard InChI is InChI=1S/C21H22N2O5/c1-15(24)23-18(12-16-8-4-3-5-9-16)21(26)28-14-20(25)22-13-17-10-6-7-11-19(17)27-2/h3-12H,13-14H2,1-2H3,(H,22,25)(H,23,24)/b18-12+. The summed E-state index contributed by atoms with van der Waals surface area (Å²) in [6.07, 6.45) is 1.48. The van der Waals surface area contributed by atoms with E-state index >= 15 is 0 Å². The van der Waals surface area contributed by atoms with E-state index in [1.165, 1.54) is 13.0 Å². The van der Waals surface area contributed by atoms with Gasteiger partial charge in [0.15, 0.2) is 6.61 Å². The lowest BCUT2D eigenvalue weighted by atomic mass is 10.2. The van der Waals surface area contributed by atoms with Crippen molar-refractivity contribution < 1.29 is 23.9 Å². The molecule has 0 aliphatic rings. The van der Waals surface area contributed by atoms with Crippen LogP contribution in [-0.4, -0.2) is 31.5 Å². The molecule has 146 valence electrons. The highest BCUT2D eigenvalue weighted by Crippen LogP contribution is 2.16. The maximum Gasteiger partial charge on any atom is 0.355 e. The van der Waals surface area contributed by atoms with Crippen LogP contribution in [0.4, 0.5) is 0 Å². The lowest BCUT2D eigenvalue weighted by molar-refractivity contribution is -0.145. The molecule has 0 aliphatic carbocycles. The molecule has 28 heavy (non-hydrogen) atoms. The molecule has 2 rings (SSSR count). The first-order valence-corrected chi connectivity index (χ1v) is 8.59. The van der Waals surface area contributed by atoms with Crippen molar-refractivity contribution >= 4 is 23.9 Å². The van der Waals surface area contributed by atoms with Gasteiger partial charge >= 0.3 is 5.97 Å². The van der Waals surface area contributed by atoms with Crippen LogP contribution in [0, 0.1) is 0 Å². The monoisotopic (exact) mass is 382 g/mol. The van der Waals surface area contributed by atoms with E-state index in [0.717, 1.165) is 5.56 Å². The predicted molar refractivity (Wildman–Crippen MR) is 104 cm³/mol. The van der Waals surface area contributed by atoms with Crippen LogP contribution in [0.2, 0.25) is 0 Å². The zero-order chi connectivity index (χ0) is 20.4. The minimum Gasteiger partial charge on any atom is -0.496 e. The molecule has 2 aromatic carbocycles. The van der Waals surface area contributed by atoms with E-state index in [4.69, 9.17) is 9.47 Å². The van der Waals surface area contributed by atoms with Gasteiger partial charge < -0.3 is 20.1 Å². The second-order valence-corrected chi connectivity index (χ2v) is 5.81. The molecule has 0 atom stereocenters. The summed E-state index contributed by atoms with van der Waals surface area (Å²) in [5.41, 5.74) is 1.47. The van der Waals surface area contributed by atoms with Gasteiger partial charge in [-0.1, -0.05) is 48.5 Å². The molecule has 0 aromatic heterocycles. The molecule has 0 bridgehead atoms. The summed E-state index contributed by atoms with van der Waals surface area (Å²) in [4.78, 5) is 35.6. The van der Waals surface area contributed by atoms with E-state index in [1.54, 1.807) is 37.4 Å². The van der Waals surface area contributed by atoms with Crippen molar-refractivity contribution in [1.29, 1.82) is 0 Å². The van der Waals surface area contributed by atoms with Crippen molar-refractivity contribution in [3.05, 3.63) is 71.4 Å². The molecular formula is C21H22N2O5. The van der Waals surface area contributed by atoms with Gasteiger partial charge in [0, 0.05) is 19.0 Å². The van der Waals surface area contributed by atoms with Crippen LogP contribution in [0.15, 0.2) is 60.3 Å². The van der Waals surface area contributed by atoms with E-state index < -0.39 is 24.4 Å². The van der Waals surface area contributed by atoms with Crippen LogP contribution in [0.5, 0.6) is 5.75 Å². The third-order valence-corrected chi connectivity index (χ3v) is 3.64. The Balaban J connectivity index is 1.93. The van der Waals surface area contributed by atoms with Gasteiger partial charge in [0.1, 0.15) is 11.4 Å². The molecule has 7 heteroatoms. The third kappa shape index (κ3) is 6.60. The highest BCUT2D eigenvalue weighted by atomic mass is 16.5. The Hall–Kier alpha value is -3.61. The first-order valence-electron chi connectivity index (χ1n) is 8.59. The van der Waals surface area contributed by atoms with Crippen molar-refractivity contribution in [3.63, 3.8) is 0 Å². The lowest BCUT2D eigenvalue weighted by Crippen LogP contribution is -2.31. The Kier molecular flexibility index (Phi) is 7.77. The summed E-state index contributed by atoms with van der Waals surface area (Å²) in [5, 5.41) is 5.08. The van der Waals surface area contributed by atoms with E-state index in [9.17, 15) is 14.4 Å². The van der Waals surface area contributed by atoms with Crippen LogP contribution in [0.1, 0.15) is 18.1 Å². The minimum absolute atomic E-state index is 0.0452. The van der Waals surface area contributed by atoms with Crippen LogP contribution < -0.4 is 15.4 Å². The summed E-state index contributed by atoms with van der Waals surface area (Å²) in [6.45, 7) is 1.05. The second kappa shape index (κ2) is 10.5. The Bertz CT molecular complexity index is 862. The van der Waals surface area contributed by atoms with Gasteiger partial charge in [-0.25, -0.2) is 4.79 Å². The summed E-state index contributed by atoms with van der Waals surface area (Å²) < 4.78 is 10.2.